The van der Waals surface area contributed by atoms with Gasteiger partial charge in [0.05, 0.1) is 12.6 Å². The first-order chi connectivity index (χ1) is 12.9. The molecule has 1 aromatic carbocycles. The Bertz CT molecular complexity index is 669. The van der Waals surface area contributed by atoms with Crippen LogP contribution in [-0.4, -0.2) is 61.4 Å². The molecule has 1 atom stereocenters. The van der Waals surface area contributed by atoms with E-state index in [4.69, 9.17) is 0 Å². The summed E-state index contributed by atoms with van der Waals surface area (Å²) in [4.78, 5) is 28.5. The number of rotatable bonds is 6. The highest BCUT2D eigenvalue weighted by Crippen LogP contribution is 2.40. The zero-order valence-electron chi connectivity index (χ0n) is 16.3. The number of carbonyl (C=O) groups excluding carboxylic acids is 2. The fourth-order valence-corrected chi connectivity index (χ4v) is 4.52. The molecule has 1 aliphatic heterocycles. The molecular formula is C21H30FN3O2. The number of benzene rings is 1. The zero-order valence-corrected chi connectivity index (χ0v) is 16.3. The van der Waals surface area contributed by atoms with Crippen LogP contribution in [-0.2, 0) is 15.0 Å². The zero-order chi connectivity index (χ0) is 19.4. The van der Waals surface area contributed by atoms with Crippen LogP contribution < -0.4 is 5.32 Å². The molecule has 6 heteroatoms. The van der Waals surface area contributed by atoms with Gasteiger partial charge in [0.1, 0.15) is 5.82 Å². The molecule has 0 spiro atoms. The Morgan fingerprint density at radius 3 is 2.48 bits per heavy atom. The van der Waals surface area contributed by atoms with Crippen LogP contribution >= 0.6 is 0 Å². The first-order valence-corrected chi connectivity index (χ1v) is 9.89. The predicted octanol–water partition coefficient (Wildman–Crippen LogP) is 2.31. The van der Waals surface area contributed by atoms with Crippen molar-refractivity contribution in [3.05, 3.63) is 35.6 Å². The number of likely N-dealkylation sites (N-methyl/N-ethyl adjacent to an activating group) is 1. The lowest BCUT2D eigenvalue weighted by atomic mass is 9.79. The Morgan fingerprint density at radius 2 is 1.85 bits per heavy atom. The molecule has 5 nitrogen and oxygen atoms in total. The molecule has 2 amide bonds. The molecule has 0 bridgehead atoms. The lowest BCUT2D eigenvalue weighted by Gasteiger charge is -2.31. The Balaban J connectivity index is 1.60. The molecule has 1 aliphatic carbocycles. The van der Waals surface area contributed by atoms with Crippen molar-refractivity contribution in [1.82, 2.24) is 15.1 Å². The van der Waals surface area contributed by atoms with Crippen LogP contribution in [0.25, 0.3) is 0 Å². The van der Waals surface area contributed by atoms with Gasteiger partial charge < -0.3 is 10.2 Å². The van der Waals surface area contributed by atoms with Gasteiger partial charge in [0, 0.05) is 26.1 Å². The molecule has 0 radical (unpaired) electrons. The number of nitrogens with one attached hydrogen (secondary N) is 1. The summed E-state index contributed by atoms with van der Waals surface area (Å²) in [6.45, 7) is 1.60. The standard InChI is InChI=1S/C21H30FN3O2/c1-24(2)20(27)18-6-5-13-25(18)14-19(26)23-15-21(11-3-4-12-21)16-7-9-17(22)10-8-16/h7-10,18H,3-6,11-15H2,1-2H3,(H,23,26). The van der Waals surface area contributed by atoms with Gasteiger partial charge in [-0.15, -0.1) is 0 Å². The minimum atomic E-state index is -0.235. The summed E-state index contributed by atoms with van der Waals surface area (Å²) in [6.07, 6.45) is 6.01. The van der Waals surface area contributed by atoms with Crippen LogP contribution in [0.5, 0.6) is 0 Å². The highest BCUT2D eigenvalue weighted by Gasteiger charge is 2.37. The first-order valence-electron chi connectivity index (χ1n) is 9.89. The van der Waals surface area contributed by atoms with Gasteiger partial charge in [0.15, 0.2) is 0 Å². The summed E-state index contributed by atoms with van der Waals surface area (Å²) < 4.78 is 13.3. The largest absolute Gasteiger partial charge is 0.354 e. The summed E-state index contributed by atoms with van der Waals surface area (Å²) in [5.41, 5.74) is 0.997. The lowest BCUT2D eigenvalue weighted by Crippen LogP contribution is -2.48. The monoisotopic (exact) mass is 375 g/mol. The second-order valence-corrected chi connectivity index (χ2v) is 8.13. The van der Waals surface area contributed by atoms with E-state index >= 15 is 0 Å². The Labute approximate surface area is 160 Å². The molecule has 1 saturated heterocycles. The number of carbonyl (C=O) groups is 2. The van der Waals surface area contributed by atoms with E-state index in [1.807, 2.05) is 17.0 Å². The highest BCUT2D eigenvalue weighted by molar-refractivity contribution is 5.83. The molecular weight excluding hydrogens is 345 g/mol. The van der Waals surface area contributed by atoms with Crippen molar-refractivity contribution in [3.8, 4) is 0 Å². The highest BCUT2D eigenvalue weighted by atomic mass is 19.1. The lowest BCUT2D eigenvalue weighted by molar-refractivity contribution is -0.134. The average molecular weight is 375 g/mol. The van der Waals surface area contributed by atoms with Gasteiger partial charge in [-0.1, -0.05) is 25.0 Å². The third-order valence-electron chi connectivity index (χ3n) is 6.08. The Hall–Kier alpha value is -1.95. The molecule has 1 N–H and O–H groups in total. The fraction of sp³-hybridized carbons (Fsp3) is 0.619. The number of hydrogen-bond donors (Lipinski definition) is 1. The van der Waals surface area contributed by atoms with Crippen LogP contribution in [0.4, 0.5) is 4.39 Å². The summed E-state index contributed by atoms with van der Waals surface area (Å²) in [7, 11) is 3.51. The van der Waals surface area contributed by atoms with Crippen LogP contribution in [0.2, 0.25) is 0 Å². The van der Waals surface area contributed by atoms with Gasteiger partial charge in [-0.25, -0.2) is 4.39 Å². The molecule has 1 aromatic rings. The third kappa shape index (κ3) is 4.49. The number of likely N-dealkylation sites (tertiary alicyclic amines) is 1. The molecule has 27 heavy (non-hydrogen) atoms. The van der Waals surface area contributed by atoms with Crippen molar-refractivity contribution in [1.29, 1.82) is 0 Å². The summed E-state index contributed by atoms with van der Waals surface area (Å²) in [5.74, 6) is -0.206. The van der Waals surface area contributed by atoms with Crippen LogP contribution in [0.3, 0.4) is 0 Å². The van der Waals surface area contributed by atoms with Gasteiger partial charge in [-0.05, 0) is 49.9 Å². The summed E-state index contributed by atoms with van der Waals surface area (Å²) in [5, 5.41) is 3.09. The van der Waals surface area contributed by atoms with Crippen molar-refractivity contribution >= 4 is 11.8 Å². The number of halogens is 1. The first kappa shape index (κ1) is 19.8. The van der Waals surface area contributed by atoms with E-state index in [1.165, 1.54) is 12.1 Å². The second kappa shape index (κ2) is 8.38. The molecule has 148 valence electrons. The predicted molar refractivity (Wildman–Crippen MR) is 103 cm³/mol. The van der Waals surface area contributed by atoms with Crippen LogP contribution in [0.1, 0.15) is 44.1 Å². The van der Waals surface area contributed by atoms with Gasteiger partial charge in [0.25, 0.3) is 0 Å². The minimum absolute atomic E-state index is 0.0400. The van der Waals surface area contributed by atoms with Crippen LogP contribution in [0.15, 0.2) is 24.3 Å². The van der Waals surface area contributed by atoms with Crippen molar-refractivity contribution in [2.75, 3.05) is 33.7 Å². The van der Waals surface area contributed by atoms with Crippen LogP contribution in [0, 0.1) is 5.82 Å². The van der Waals surface area contributed by atoms with E-state index in [0.717, 1.165) is 50.6 Å². The van der Waals surface area contributed by atoms with E-state index in [1.54, 1.807) is 19.0 Å². The van der Waals surface area contributed by atoms with Gasteiger partial charge >= 0.3 is 0 Å². The van der Waals surface area contributed by atoms with E-state index in [0.29, 0.717) is 6.54 Å². The molecule has 1 saturated carbocycles. The van der Waals surface area contributed by atoms with E-state index in [-0.39, 0.29) is 35.6 Å². The molecule has 1 unspecified atom stereocenters. The van der Waals surface area contributed by atoms with Crippen molar-refractivity contribution in [2.45, 2.75) is 50.0 Å². The van der Waals surface area contributed by atoms with E-state index in [2.05, 4.69) is 5.32 Å². The number of hydrogen-bond acceptors (Lipinski definition) is 3. The fourth-order valence-electron chi connectivity index (χ4n) is 4.52. The summed E-state index contributed by atoms with van der Waals surface area (Å²) >= 11 is 0. The van der Waals surface area contributed by atoms with Crippen molar-refractivity contribution in [3.63, 3.8) is 0 Å². The van der Waals surface area contributed by atoms with Crippen molar-refractivity contribution < 1.29 is 14.0 Å². The number of nitrogens with zero attached hydrogens (tertiary/aromatic N) is 2. The maximum absolute atomic E-state index is 13.3. The molecule has 2 fully saturated rings. The quantitative estimate of drug-likeness (QED) is 0.830. The Kier molecular flexibility index (Phi) is 6.15. The van der Waals surface area contributed by atoms with Gasteiger partial charge in [0.2, 0.25) is 11.8 Å². The summed E-state index contributed by atoms with van der Waals surface area (Å²) in [6, 6.07) is 6.50. The normalized spacial score (nSPS) is 22.0. The Morgan fingerprint density at radius 1 is 1.19 bits per heavy atom. The number of amides is 2. The SMILES string of the molecule is CN(C)C(=O)C1CCCN1CC(=O)NCC1(c2ccc(F)cc2)CCCC1. The average Bonchev–Trinajstić information content (AvgIpc) is 3.30. The molecule has 0 aromatic heterocycles. The second-order valence-electron chi connectivity index (χ2n) is 8.13. The van der Waals surface area contributed by atoms with Crippen molar-refractivity contribution in [2.24, 2.45) is 0 Å². The van der Waals surface area contributed by atoms with E-state index < -0.39 is 0 Å². The van der Waals surface area contributed by atoms with Gasteiger partial charge in [-0.3, -0.25) is 14.5 Å². The maximum atomic E-state index is 13.3. The third-order valence-corrected chi connectivity index (χ3v) is 6.08. The molecule has 1 heterocycles. The minimum Gasteiger partial charge on any atom is -0.354 e. The smallest absolute Gasteiger partial charge is 0.239 e. The van der Waals surface area contributed by atoms with Gasteiger partial charge in [-0.2, -0.15) is 0 Å². The molecule has 3 rings (SSSR count). The van der Waals surface area contributed by atoms with E-state index in [9.17, 15) is 14.0 Å². The molecule has 2 aliphatic rings. The maximum Gasteiger partial charge on any atom is 0.239 e. The topological polar surface area (TPSA) is 52.7 Å².